The highest BCUT2D eigenvalue weighted by atomic mass is 79.9. The van der Waals surface area contributed by atoms with E-state index < -0.39 is 5.82 Å². The molecular weight excluding hydrogens is 375 g/mol. The predicted octanol–water partition coefficient (Wildman–Crippen LogP) is 2.39. The Balaban J connectivity index is 2.20. The van der Waals surface area contributed by atoms with Gasteiger partial charge in [-0.25, -0.2) is 14.0 Å². The fourth-order valence-corrected chi connectivity index (χ4v) is 1.94. The summed E-state index contributed by atoms with van der Waals surface area (Å²) in [5, 5.41) is 16.4. The Morgan fingerprint density at radius 3 is 3.04 bits per heavy atom. The van der Waals surface area contributed by atoms with Crippen molar-refractivity contribution in [1.29, 1.82) is 0 Å². The van der Waals surface area contributed by atoms with Gasteiger partial charge in [0.05, 0.1) is 16.8 Å². The maximum absolute atomic E-state index is 13.2. The molecule has 1 aromatic carbocycles. The number of carbonyl (C=O) groups is 1. The second-order valence-electron chi connectivity index (χ2n) is 4.25. The fraction of sp³-hybridized carbons (Fsp3) is 0.231. The second kappa shape index (κ2) is 8.34. The summed E-state index contributed by atoms with van der Waals surface area (Å²) in [6.07, 6.45) is 1.63. The molecule has 1 aromatic heterocycles. The number of amidine groups is 1. The molecule has 0 aliphatic carbocycles. The monoisotopic (exact) mass is 386 g/mol. The Morgan fingerprint density at radius 2 is 2.35 bits per heavy atom. The third-order valence-electron chi connectivity index (χ3n) is 2.64. The van der Waals surface area contributed by atoms with Crippen molar-refractivity contribution >= 4 is 33.7 Å². The number of hydrogen-bond donors (Lipinski definition) is 2. The summed E-state index contributed by atoms with van der Waals surface area (Å²) >= 11 is 3.04. The maximum Gasteiger partial charge on any atom is 0.287 e. The molecule has 1 heterocycles. The molecule has 0 bridgehead atoms. The van der Waals surface area contributed by atoms with Crippen molar-refractivity contribution in [3.8, 4) is 5.88 Å². The minimum absolute atomic E-state index is 0.0115. The smallest absolute Gasteiger partial charge is 0.287 e. The van der Waals surface area contributed by atoms with Crippen molar-refractivity contribution in [2.24, 2.45) is 4.99 Å². The van der Waals surface area contributed by atoms with E-state index in [4.69, 9.17) is 4.74 Å². The van der Waals surface area contributed by atoms with Gasteiger partial charge in [-0.3, -0.25) is 10.7 Å². The molecule has 0 aliphatic heterocycles. The van der Waals surface area contributed by atoms with E-state index in [9.17, 15) is 14.4 Å². The number of benzene rings is 1. The number of aldehydes is 1. The summed E-state index contributed by atoms with van der Waals surface area (Å²) in [6, 6.07) is 4.05. The van der Waals surface area contributed by atoms with Crippen molar-refractivity contribution in [1.82, 2.24) is 15.8 Å². The number of nitrogens with zero attached hydrogens (tertiary/aromatic N) is 3. The molecule has 0 saturated heterocycles. The Labute approximate surface area is 138 Å². The molecule has 0 spiro atoms. The van der Waals surface area contributed by atoms with E-state index in [0.717, 1.165) is 6.29 Å². The lowest BCUT2D eigenvalue weighted by Crippen LogP contribution is -2.21. The zero-order valence-electron chi connectivity index (χ0n) is 11.7. The highest BCUT2D eigenvalue weighted by Crippen LogP contribution is 2.23. The SMILES string of the molecule is O=CCCCOc1nonc1C(=Nc1ccc(F)c(Br)c1)NO. The van der Waals surface area contributed by atoms with Gasteiger partial charge in [0.2, 0.25) is 5.69 Å². The van der Waals surface area contributed by atoms with Crippen LogP contribution in [0.25, 0.3) is 0 Å². The molecule has 0 aliphatic rings. The zero-order chi connectivity index (χ0) is 16.7. The van der Waals surface area contributed by atoms with Crippen LogP contribution in [0.4, 0.5) is 10.1 Å². The van der Waals surface area contributed by atoms with Gasteiger partial charge in [0, 0.05) is 6.42 Å². The van der Waals surface area contributed by atoms with Gasteiger partial charge in [0.1, 0.15) is 12.1 Å². The number of aliphatic imine (C=N–C) groups is 1. The molecular formula is C13H12BrFN4O4. The minimum Gasteiger partial charge on any atom is -0.474 e. The minimum atomic E-state index is -0.440. The lowest BCUT2D eigenvalue weighted by molar-refractivity contribution is -0.108. The molecule has 0 atom stereocenters. The van der Waals surface area contributed by atoms with Crippen LogP contribution in [-0.4, -0.2) is 34.2 Å². The van der Waals surface area contributed by atoms with E-state index >= 15 is 0 Å². The lowest BCUT2D eigenvalue weighted by Gasteiger charge is -2.05. The largest absolute Gasteiger partial charge is 0.474 e. The molecule has 0 radical (unpaired) electrons. The van der Waals surface area contributed by atoms with E-state index in [-0.39, 0.29) is 28.5 Å². The summed E-state index contributed by atoms with van der Waals surface area (Å²) in [5.74, 6) is -0.516. The fourth-order valence-electron chi connectivity index (χ4n) is 1.57. The number of hydroxylamine groups is 1. The third-order valence-corrected chi connectivity index (χ3v) is 3.25. The maximum atomic E-state index is 13.2. The van der Waals surface area contributed by atoms with Gasteiger partial charge < -0.3 is 9.53 Å². The number of aromatic nitrogens is 2. The number of nitrogens with one attached hydrogen (secondary N) is 1. The number of unbranched alkanes of at least 4 members (excludes halogenated alkanes) is 1. The first kappa shape index (κ1) is 17.0. The summed E-state index contributed by atoms with van der Waals surface area (Å²) in [5.41, 5.74) is 2.26. The molecule has 23 heavy (non-hydrogen) atoms. The molecule has 8 nitrogen and oxygen atoms in total. The predicted molar refractivity (Wildman–Crippen MR) is 80.3 cm³/mol. The van der Waals surface area contributed by atoms with Crippen LogP contribution in [-0.2, 0) is 4.79 Å². The summed E-state index contributed by atoms with van der Waals surface area (Å²) in [4.78, 5) is 14.3. The van der Waals surface area contributed by atoms with E-state index in [2.05, 4.69) is 35.9 Å². The number of hydrogen-bond acceptors (Lipinski definition) is 7. The number of rotatable bonds is 7. The van der Waals surface area contributed by atoms with Crippen LogP contribution >= 0.6 is 15.9 Å². The van der Waals surface area contributed by atoms with Crippen LogP contribution in [0, 0.1) is 5.82 Å². The van der Waals surface area contributed by atoms with Crippen LogP contribution in [0.3, 0.4) is 0 Å². The van der Waals surface area contributed by atoms with E-state index in [1.807, 2.05) is 5.48 Å². The average molecular weight is 387 g/mol. The van der Waals surface area contributed by atoms with Crippen molar-refractivity contribution < 1.29 is 23.8 Å². The Hall–Kier alpha value is -2.33. The molecule has 122 valence electrons. The van der Waals surface area contributed by atoms with Gasteiger partial charge in [0.15, 0.2) is 5.84 Å². The quantitative estimate of drug-likeness (QED) is 0.247. The molecule has 2 N–H and O–H groups in total. The van der Waals surface area contributed by atoms with Crippen molar-refractivity contribution in [2.45, 2.75) is 12.8 Å². The lowest BCUT2D eigenvalue weighted by atomic mass is 10.3. The Bertz CT molecular complexity index is 707. The highest BCUT2D eigenvalue weighted by Gasteiger charge is 2.18. The van der Waals surface area contributed by atoms with E-state index in [1.54, 1.807) is 0 Å². The van der Waals surface area contributed by atoms with E-state index in [1.165, 1.54) is 18.2 Å². The van der Waals surface area contributed by atoms with Gasteiger partial charge in [-0.2, -0.15) is 0 Å². The van der Waals surface area contributed by atoms with Crippen molar-refractivity contribution in [3.63, 3.8) is 0 Å². The first-order valence-corrected chi connectivity index (χ1v) is 7.28. The van der Waals surface area contributed by atoms with Crippen LogP contribution in [0.1, 0.15) is 18.5 Å². The van der Waals surface area contributed by atoms with E-state index in [0.29, 0.717) is 18.5 Å². The number of ether oxygens (including phenoxy) is 1. The van der Waals surface area contributed by atoms with Gasteiger partial charge >= 0.3 is 0 Å². The summed E-state index contributed by atoms with van der Waals surface area (Å²) < 4.78 is 23.3. The second-order valence-corrected chi connectivity index (χ2v) is 5.10. The number of halogens is 2. The normalized spacial score (nSPS) is 11.3. The van der Waals surface area contributed by atoms with Crippen molar-refractivity contribution in [2.75, 3.05) is 6.61 Å². The third kappa shape index (κ3) is 4.57. The van der Waals surface area contributed by atoms with Crippen LogP contribution in [0.5, 0.6) is 5.88 Å². The Morgan fingerprint density at radius 1 is 1.52 bits per heavy atom. The average Bonchev–Trinajstić information content (AvgIpc) is 3.01. The standard InChI is InChI=1S/C13H12BrFN4O4/c14-9-7-8(3-4-10(9)15)16-12(17-21)11-13(19-23-18-11)22-6-2-1-5-20/h3-5,7,21H,1-2,6H2,(H,16,17). The van der Waals surface area contributed by atoms with Gasteiger partial charge in [-0.05, 0) is 50.9 Å². The van der Waals surface area contributed by atoms with Gasteiger partial charge in [-0.15, -0.1) is 0 Å². The van der Waals surface area contributed by atoms with Crippen molar-refractivity contribution in [3.05, 3.63) is 34.2 Å². The highest BCUT2D eigenvalue weighted by molar-refractivity contribution is 9.10. The molecule has 0 unspecified atom stereocenters. The van der Waals surface area contributed by atoms with Crippen LogP contribution < -0.4 is 10.2 Å². The van der Waals surface area contributed by atoms with Gasteiger partial charge in [0.25, 0.3) is 5.88 Å². The molecule has 0 saturated carbocycles. The Kier molecular flexibility index (Phi) is 6.18. The van der Waals surface area contributed by atoms with Crippen LogP contribution in [0.15, 0.2) is 32.3 Å². The molecule has 2 rings (SSSR count). The molecule has 10 heteroatoms. The molecule has 0 amide bonds. The van der Waals surface area contributed by atoms with Gasteiger partial charge in [-0.1, -0.05) is 0 Å². The zero-order valence-corrected chi connectivity index (χ0v) is 13.3. The first-order valence-electron chi connectivity index (χ1n) is 6.49. The van der Waals surface area contributed by atoms with Crippen LogP contribution in [0.2, 0.25) is 0 Å². The summed E-state index contributed by atoms with van der Waals surface area (Å²) in [7, 11) is 0. The topological polar surface area (TPSA) is 110 Å². The molecule has 2 aromatic rings. The number of carbonyl (C=O) groups excluding carboxylic acids is 1. The molecule has 0 fully saturated rings. The summed E-state index contributed by atoms with van der Waals surface area (Å²) in [6.45, 7) is 0.223. The first-order chi connectivity index (χ1) is 11.2.